The molecule has 0 rings (SSSR count). The molecule has 1 amide bonds. The molecule has 0 unspecified atom stereocenters. The molecule has 0 aromatic carbocycles. The van der Waals surface area contributed by atoms with Crippen LogP contribution in [0.5, 0.6) is 0 Å². The van der Waals surface area contributed by atoms with Crippen LogP contribution in [0.2, 0.25) is 0 Å². The van der Waals surface area contributed by atoms with Gasteiger partial charge in [0.2, 0.25) is 0 Å². The maximum atomic E-state index is 10.9. The molecule has 0 aliphatic heterocycles. The Labute approximate surface area is 77.2 Å². The largest absolute Gasteiger partial charge is 0.442 e. The summed E-state index contributed by atoms with van der Waals surface area (Å²) in [7, 11) is 0. The molecule has 0 saturated carbocycles. The second-order valence-corrected chi connectivity index (χ2v) is 3.32. The molecule has 0 aliphatic carbocycles. The van der Waals surface area contributed by atoms with Gasteiger partial charge in [-0.25, -0.2) is 10.7 Å². The Balaban J connectivity index is 3.41. The van der Waals surface area contributed by atoms with Crippen molar-refractivity contribution in [3.8, 4) is 0 Å². The summed E-state index contributed by atoms with van der Waals surface area (Å²) in [6.45, 7) is 5.66. The third-order valence-electron chi connectivity index (χ3n) is 0.858. The van der Waals surface area contributed by atoms with Gasteiger partial charge in [-0.05, 0) is 20.8 Å². The van der Waals surface area contributed by atoms with E-state index in [-0.39, 0.29) is 13.2 Å². The van der Waals surface area contributed by atoms with Gasteiger partial charge in [-0.2, -0.15) is 5.48 Å². The summed E-state index contributed by atoms with van der Waals surface area (Å²) < 4.78 is 4.87. The highest BCUT2D eigenvalue weighted by atomic mass is 16.7. The number of hydroxylamine groups is 1. The lowest BCUT2D eigenvalue weighted by Gasteiger charge is -2.19. The van der Waals surface area contributed by atoms with Gasteiger partial charge in [0, 0.05) is 0 Å². The van der Waals surface area contributed by atoms with Crippen molar-refractivity contribution < 1.29 is 19.2 Å². The molecule has 0 fully saturated rings. The molecule has 6 heteroatoms. The van der Waals surface area contributed by atoms with Crippen molar-refractivity contribution in [3.05, 3.63) is 0 Å². The van der Waals surface area contributed by atoms with Crippen LogP contribution in [0.3, 0.4) is 0 Å². The molecule has 78 valence electrons. The Morgan fingerprint density at radius 3 is 2.46 bits per heavy atom. The number of carbonyl (C=O) groups excluding carboxylic acids is 1. The summed E-state index contributed by atoms with van der Waals surface area (Å²) >= 11 is 0. The molecule has 0 saturated heterocycles. The van der Waals surface area contributed by atoms with E-state index in [0.717, 1.165) is 0 Å². The van der Waals surface area contributed by atoms with Crippen molar-refractivity contribution in [3.63, 3.8) is 0 Å². The Bertz CT molecular complexity index is 155. The summed E-state index contributed by atoms with van der Waals surface area (Å²) in [5, 5.41) is 0. The number of hydrogen-bond acceptors (Lipinski definition) is 5. The quantitative estimate of drug-likeness (QED) is 0.495. The molecule has 0 bridgehead atoms. The smallest absolute Gasteiger partial charge is 0.431 e. The van der Waals surface area contributed by atoms with Crippen molar-refractivity contribution in [2.24, 2.45) is 5.90 Å². The molecule has 0 aromatic heterocycles. The summed E-state index contributed by atoms with van der Waals surface area (Å²) in [4.78, 5) is 19.8. The van der Waals surface area contributed by atoms with Crippen LogP contribution in [-0.4, -0.2) is 24.9 Å². The zero-order chi connectivity index (χ0) is 10.3. The van der Waals surface area contributed by atoms with Gasteiger partial charge in [0.1, 0.15) is 12.2 Å². The number of nitrogens with two attached hydrogens (primary N) is 1. The minimum atomic E-state index is -0.635. The first-order chi connectivity index (χ1) is 5.95. The van der Waals surface area contributed by atoms with Gasteiger partial charge in [-0.1, -0.05) is 0 Å². The van der Waals surface area contributed by atoms with E-state index in [1.807, 2.05) is 0 Å². The van der Waals surface area contributed by atoms with E-state index >= 15 is 0 Å². The lowest BCUT2D eigenvalue weighted by molar-refractivity contribution is -0.0265. The van der Waals surface area contributed by atoms with Crippen LogP contribution in [0.25, 0.3) is 0 Å². The minimum Gasteiger partial charge on any atom is -0.442 e. The van der Waals surface area contributed by atoms with Gasteiger partial charge in [0.05, 0.1) is 6.61 Å². The standard InChI is InChI=1S/C7H16N2O4/c1-7(2,3)13-6(10)9-12-5-4-11-8/h4-5,8H2,1-3H3,(H,9,10). The third kappa shape index (κ3) is 9.06. The van der Waals surface area contributed by atoms with E-state index in [1.165, 1.54) is 0 Å². The van der Waals surface area contributed by atoms with Crippen LogP contribution >= 0.6 is 0 Å². The fraction of sp³-hybridized carbons (Fsp3) is 0.857. The first-order valence-electron chi connectivity index (χ1n) is 3.88. The fourth-order valence-corrected chi connectivity index (χ4v) is 0.499. The highest BCUT2D eigenvalue weighted by Gasteiger charge is 2.15. The van der Waals surface area contributed by atoms with Crippen molar-refractivity contribution in [1.82, 2.24) is 5.48 Å². The molecule has 0 aromatic rings. The lowest BCUT2D eigenvalue weighted by Crippen LogP contribution is -2.33. The zero-order valence-electron chi connectivity index (χ0n) is 8.12. The van der Waals surface area contributed by atoms with Crippen molar-refractivity contribution in [1.29, 1.82) is 0 Å². The van der Waals surface area contributed by atoms with E-state index in [4.69, 9.17) is 10.6 Å². The van der Waals surface area contributed by atoms with Crippen molar-refractivity contribution >= 4 is 6.09 Å². The van der Waals surface area contributed by atoms with E-state index in [9.17, 15) is 4.79 Å². The Morgan fingerprint density at radius 1 is 1.38 bits per heavy atom. The molecular formula is C7H16N2O4. The zero-order valence-corrected chi connectivity index (χ0v) is 8.12. The summed E-state index contributed by atoms with van der Waals surface area (Å²) in [5.41, 5.74) is 1.55. The Hall–Kier alpha value is -0.850. The SMILES string of the molecule is CC(C)(C)OC(=O)NOCCON. The average molecular weight is 192 g/mol. The molecule has 0 atom stereocenters. The monoisotopic (exact) mass is 192 g/mol. The highest BCUT2D eigenvalue weighted by molar-refractivity contribution is 5.66. The topological polar surface area (TPSA) is 82.8 Å². The van der Waals surface area contributed by atoms with Crippen LogP contribution in [-0.2, 0) is 14.4 Å². The highest BCUT2D eigenvalue weighted by Crippen LogP contribution is 2.05. The predicted octanol–water partition coefficient (Wildman–Crippen LogP) is 0.333. The van der Waals surface area contributed by atoms with E-state index < -0.39 is 11.7 Å². The van der Waals surface area contributed by atoms with Crippen LogP contribution in [0.1, 0.15) is 20.8 Å². The molecule has 0 aliphatic rings. The third-order valence-corrected chi connectivity index (χ3v) is 0.858. The van der Waals surface area contributed by atoms with E-state index in [2.05, 4.69) is 15.2 Å². The molecule has 0 spiro atoms. The molecule has 13 heavy (non-hydrogen) atoms. The van der Waals surface area contributed by atoms with Gasteiger partial charge >= 0.3 is 6.09 Å². The number of ether oxygens (including phenoxy) is 1. The Kier molecular flexibility index (Phi) is 5.36. The minimum absolute atomic E-state index is 0.176. The molecular weight excluding hydrogens is 176 g/mol. The second kappa shape index (κ2) is 5.74. The average Bonchev–Trinajstić information content (AvgIpc) is 1.94. The van der Waals surface area contributed by atoms with Gasteiger partial charge in [-0.3, -0.25) is 4.84 Å². The number of nitrogens with one attached hydrogen (secondary N) is 1. The molecule has 0 heterocycles. The first kappa shape index (κ1) is 12.2. The summed E-state index contributed by atoms with van der Waals surface area (Å²) in [5.74, 6) is 4.72. The predicted molar refractivity (Wildman–Crippen MR) is 45.5 cm³/mol. The number of carbonyl (C=O) groups is 1. The van der Waals surface area contributed by atoms with E-state index in [0.29, 0.717) is 0 Å². The van der Waals surface area contributed by atoms with Gasteiger partial charge in [0.25, 0.3) is 0 Å². The maximum absolute atomic E-state index is 10.9. The maximum Gasteiger partial charge on any atom is 0.431 e. The van der Waals surface area contributed by atoms with E-state index in [1.54, 1.807) is 20.8 Å². The van der Waals surface area contributed by atoms with Gasteiger partial charge in [-0.15, -0.1) is 0 Å². The van der Waals surface area contributed by atoms with Crippen molar-refractivity contribution in [2.45, 2.75) is 26.4 Å². The molecule has 3 N–H and O–H groups in total. The van der Waals surface area contributed by atoms with Crippen LogP contribution < -0.4 is 11.4 Å². The van der Waals surface area contributed by atoms with Gasteiger partial charge < -0.3 is 9.57 Å². The normalized spacial score (nSPS) is 11.1. The summed E-state index contributed by atoms with van der Waals surface area (Å²) in [6.07, 6.45) is -0.635. The van der Waals surface area contributed by atoms with Crippen LogP contribution in [0.15, 0.2) is 0 Å². The first-order valence-corrected chi connectivity index (χ1v) is 3.88. The van der Waals surface area contributed by atoms with Crippen LogP contribution in [0, 0.1) is 0 Å². The molecule has 6 nitrogen and oxygen atoms in total. The molecule has 0 radical (unpaired) electrons. The number of amides is 1. The van der Waals surface area contributed by atoms with Crippen molar-refractivity contribution in [2.75, 3.05) is 13.2 Å². The lowest BCUT2D eigenvalue weighted by atomic mass is 10.2. The summed E-state index contributed by atoms with van der Waals surface area (Å²) in [6, 6.07) is 0. The number of rotatable bonds is 4. The second-order valence-electron chi connectivity index (χ2n) is 3.32. The van der Waals surface area contributed by atoms with Gasteiger partial charge in [0.15, 0.2) is 0 Å². The Morgan fingerprint density at radius 2 is 2.00 bits per heavy atom. The number of hydrogen-bond donors (Lipinski definition) is 2. The van der Waals surface area contributed by atoms with Crippen LogP contribution in [0.4, 0.5) is 4.79 Å². The fourth-order valence-electron chi connectivity index (χ4n) is 0.499.